The van der Waals surface area contributed by atoms with Gasteiger partial charge in [0.2, 0.25) is 0 Å². The third-order valence-electron chi connectivity index (χ3n) is 3.12. The largest absolute Gasteiger partial charge is 0.491 e. The predicted molar refractivity (Wildman–Crippen MR) is 90.1 cm³/mol. The minimum Gasteiger partial charge on any atom is -0.491 e. The molecule has 0 aliphatic rings. The van der Waals surface area contributed by atoms with Crippen molar-refractivity contribution < 1.29 is 4.74 Å². The first-order valence-electron chi connectivity index (χ1n) is 7.28. The van der Waals surface area contributed by atoms with E-state index in [1.807, 2.05) is 32.0 Å². The molecule has 0 atom stereocenters. The highest BCUT2D eigenvalue weighted by atomic mass is 32.1. The van der Waals surface area contributed by atoms with Crippen molar-refractivity contribution in [2.45, 2.75) is 33.3 Å². The fourth-order valence-electron chi connectivity index (χ4n) is 2.11. The quantitative estimate of drug-likeness (QED) is 0.765. The number of thiazole rings is 1. The lowest BCUT2D eigenvalue weighted by Gasteiger charge is -2.11. The average molecular weight is 314 g/mol. The molecule has 0 saturated heterocycles. The molecule has 114 valence electrons. The van der Waals surface area contributed by atoms with Gasteiger partial charge in [-0.05, 0) is 38.5 Å². The number of hydrogen-bond acceptors (Lipinski definition) is 6. The summed E-state index contributed by atoms with van der Waals surface area (Å²) in [5, 5.41) is 7.10. The van der Waals surface area contributed by atoms with Crippen LogP contribution in [0, 0.1) is 0 Å². The van der Waals surface area contributed by atoms with E-state index in [0.29, 0.717) is 0 Å². The van der Waals surface area contributed by atoms with Crippen LogP contribution in [0.1, 0.15) is 26.5 Å². The van der Waals surface area contributed by atoms with Crippen LogP contribution in [0.15, 0.2) is 29.9 Å². The van der Waals surface area contributed by atoms with Gasteiger partial charge in [-0.2, -0.15) is 0 Å². The van der Waals surface area contributed by atoms with Crippen LogP contribution < -0.4 is 10.1 Å². The maximum Gasteiger partial charge on any atom is 0.188 e. The Kier molecular flexibility index (Phi) is 4.20. The van der Waals surface area contributed by atoms with Gasteiger partial charge >= 0.3 is 0 Å². The predicted octanol–water partition coefficient (Wildman–Crippen LogP) is 4.18. The third-order valence-corrected chi connectivity index (χ3v) is 3.92. The molecule has 3 rings (SSSR count). The SMILES string of the molecule is CCc1csc(Nc2ncnc3ccc(OC(C)C)cc23)n1. The van der Waals surface area contributed by atoms with E-state index in [4.69, 9.17) is 4.74 Å². The Balaban J connectivity index is 1.96. The molecular weight excluding hydrogens is 296 g/mol. The highest BCUT2D eigenvalue weighted by Crippen LogP contribution is 2.28. The molecule has 1 aromatic carbocycles. The van der Waals surface area contributed by atoms with E-state index in [-0.39, 0.29) is 6.10 Å². The number of anilines is 2. The number of fused-ring (bicyclic) bond motifs is 1. The number of aromatic nitrogens is 3. The first-order valence-corrected chi connectivity index (χ1v) is 8.16. The van der Waals surface area contributed by atoms with Gasteiger partial charge in [0.05, 0.1) is 17.3 Å². The van der Waals surface area contributed by atoms with Gasteiger partial charge < -0.3 is 10.1 Å². The molecule has 5 nitrogen and oxygen atoms in total. The molecule has 3 aromatic rings. The second-order valence-corrected chi connectivity index (χ2v) is 6.05. The number of nitrogens with zero attached hydrogens (tertiary/aromatic N) is 3. The van der Waals surface area contributed by atoms with Gasteiger partial charge in [0, 0.05) is 10.8 Å². The van der Waals surface area contributed by atoms with Crippen LogP contribution in [0.5, 0.6) is 5.75 Å². The van der Waals surface area contributed by atoms with Crippen molar-refractivity contribution in [1.29, 1.82) is 0 Å². The van der Waals surface area contributed by atoms with Crippen molar-refractivity contribution in [3.63, 3.8) is 0 Å². The lowest BCUT2D eigenvalue weighted by Crippen LogP contribution is -2.05. The van der Waals surface area contributed by atoms with Gasteiger partial charge in [-0.15, -0.1) is 11.3 Å². The first kappa shape index (κ1) is 14.7. The Morgan fingerprint density at radius 3 is 2.86 bits per heavy atom. The van der Waals surface area contributed by atoms with E-state index in [1.54, 1.807) is 17.7 Å². The van der Waals surface area contributed by atoms with E-state index in [1.165, 1.54) is 0 Å². The molecule has 0 aliphatic heterocycles. The Hall–Kier alpha value is -2.21. The molecule has 22 heavy (non-hydrogen) atoms. The number of rotatable bonds is 5. The Morgan fingerprint density at radius 2 is 2.14 bits per heavy atom. The second-order valence-electron chi connectivity index (χ2n) is 5.19. The van der Waals surface area contributed by atoms with Crippen molar-refractivity contribution in [2.75, 3.05) is 5.32 Å². The molecule has 0 unspecified atom stereocenters. The minimum absolute atomic E-state index is 0.129. The zero-order valence-corrected chi connectivity index (χ0v) is 13.6. The van der Waals surface area contributed by atoms with Crippen LogP contribution in [0.2, 0.25) is 0 Å². The molecule has 0 fully saturated rings. The first-order chi connectivity index (χ1) is 10.7. The zero-order chi connectivity index (χ0) is 15.5. The topological polar surface area (TPSA) is 59.9 Å². The Bertz CT molecular complexity index is 785. The van der Waals surface area contributed by atoms with E-state index >= 15 is 0 Å². The molecule has 6 heteroatoms. The minimum atomic E-state index is 0.129. The highest BCUT2D eigenvalue weighted by Gasteiger charge is 2.08. The maximum absolute atomic E-state index is 5.75. The van der Waals surface area contributed by atoms with Gasteiger partial charge in [0.25, 0.3) is 0 Å². The summed E-state index contributed by atoms with van der Waals surface area (Å²) in [6, 6.07) is 5.84. The molecule has 0 radical (unpaired) electrons. The van der Waals surface area contributed by atoms with Crippen molar-refractivity contribution >= 4 is 33.2 Å². The number of hydrogen-bond donors (Lipinski definition) is 1. The number of aryl methyl sites for hydroxylation is 1. The number of benzene rings is 1. The fourth-order valence-corrected chi connectivity index (χ4v) is 2.90. The summed E-state index contributed by atoms with van der Waals surface area (Å²) in [6.07, 6.45) is 2.61. The van der Waals surface area contributed by atoms with Crippen LogP contribution in [0.25, 0.3) is 10.9 Å². The van der Waals surface area contributed by atoms with Crippen LogP contribution in [0.4, 0.5) is 10.9 Å². The van der Waals surface area contributed by atoms with Crippen molar-refractivity contribution in [1.82, 2.24) is 15.0 Å². The van der Waals surface area contributed by atoms with Crippen LogP contribution in [-0.4, -0.2) is 21.1 Å². The van der Waals surface area contributed by atoms with Crippen molar-refractivity contribution in [3.05, 3.63) is 35.6 Å². The molecule has 0 bridgehead atoms. The summed E-state index contributed by atoms with van der Waals surface area (Å²) in [5.41, 5.74) is 1.95. The molecule has 2 aromatic heterocycles. The van der Waals surface area contributed by atoms with E-state index in [0.717, 1.165) is 39.7 Å². The van der Waals surface area contributed by atoms with Gasteiger partial charge in [0.15, 0.2) is 5.13 Å². The normalized spacial score (nSPS) is 11.1. The van der Waals surface area contributed by atoms with E-state index in [9.17, 15) is 0 Å². The van der Waals surface area contributed by atoms with Gasteiger partial charge in [0.1, 0.15) is 17.9 Å². The summed E-state index contributed by atoms with van der Waals surface area (Å²) in [5.74, 6) is 1.56. The summed E-state index contributed by atoms with van der Waals surface area (Å²) < 4.78 is 5.75. The number of nitrogens with one attached hydrogen (secondary N) is 1. The molecule has 0 amide bonds. The lowest BCUT2D eigenvalue weighted by atomic mass is 10.2. The molecule has 0 aliphatic carbocycles. The van der Waals surface area contributed by atoms with Crippen molar-refractivity contribution in [3.8, 4) is 5.75 Å². The van der Waals surface area contributed by atoms with E-state index in [2.05, 4.69) is 32.6 Å². The summed E-state index contributed by atoms with van der Waals surface area (Å²) in [4.78, 5) is 13.2. The maximum atomic E-state index is 5.75. The van der Waals surface area contributed by atoms with E-state index < -0.39 is 0 Å². The molecule has 2 heterocycles. The second kappa shape index (κ2) is 6.27. The summed E-state index contributed by atoms with van der Waals surface area (Å²) in [6.45, 7) is 6.11. The lowest BCUT2D eigenvalue weighted by molar-refractivity contribution is 0.243. The summed E-state index contributed by atoms with van der Waals surface area (Å²) in [7, 11) is 0. The van der Waals surface area contributed by atoms with Crippen LogP contribution in [-0.2, 0) is 6.42 Å². The molecule has 0 saturated carbocycles. The Morgan fingerprint density at radius 1 is 1.27 bits per heavy atom. The van der Waals surface area contributed by atoms with Crippen LogP contribution >= 0.6 is 11.3 Å². The zero-order valence-electron chi connectivity index (χ0n) is 12.8. The molecule has 0 spiro atoms. The number of ether oxygens (including phenoxy) is 1. The van der Waals surface area contributed by atoms with Gasteiger partial charge in [-0.3, -0.25) is 0 Å². The monoisotopic (exact) mass is 314 g/mol. The highest BCUT2D eigenvalue weighted by molar-refractivity contribution is 7.13. The third kappa shape index (κ3) is 3.17. The van der Waals surface area contributed by atoms with Gasteiger partial charge in [-0.1, -0.05) is 6.92 Å². The molecular formula is C16H18N4OS. The molecule has 1 N–H and O–H groups in total. The summed E-state index contributed by atoms with van der Waals surface area (Å²) >= 11 is 1.58. The Labute approximate surface area is 133 Å². The fraction of sp³-hybridized carbons (Fsp3) is 0.312. The van der Waals surface area contributed by atoms with Crippen molar-refractivity contribution in [2.24, 2.45) is 0 Å². The van der Waals surface area contributed by atoms with Gasteiger partial charge in [-0.25, -0.2) is 15.0 Å². The standard InChI is InChI=1S/C16H18N4OS/c1-4-11-8-22-16(19-11)20-15-13-7-12(21-10(2)3)5-6-14(13)17-9-18-15/h5-10H,4H2,1-3H3,(H,17,18,19,20). The van der Waals surface area contributed by atoms with Crippen LogP contribution in [0.3, 0.4) is 0 Å². The smallest absolute Gasteiger partial charge is 0.188 e. The average Bonchev–Trinajstić information content (AvgIpc) is 2.95.